The zero-order valence-electron chi connectivity index (χ0n) is 8.22. The van der Waals surface area contributed by atoms with Gasteiger partial charge < -0.3 is 4.74 Å². The predicted octanol–water partition coefficient (Wildman–Crippen LogP) is 2.97. The topological polar surface area (TPSA) is 9.23 Å². The lowest BCUT2D eigenvalue weighted by molar-refractivity contribution is 0.185. The molecule has 0 fully saturated rings. The first-order chi connectivity index (χ1) is 6.86. The summed E-state index contributed by atoms with van der Waals surface area (Å²) in [6.45, 7) is 0.662. The monoisotopic (exact) mass is 252 g/mol. The van der Waals surface area contributed by atoms with Crippen LogP contribution in [0.15, 0.2) is 24.3 Å². The fraction of sp³-hybridized carbons (Fsp3) is 0.333. The maximum absolute atomic E-state index is 5.02. The van der Waals surface area contributed by atoms with E-state index in [9.17, 15) is 0 Å². The molecule has 0 spiro atoms. The van der Waals surface area contributed by atoms with E-state index < -0.39 is 0 Å². The SMILES string of the molecule is COCc1ccc(C#CCCBr)cc1. The van der Waals surface area contributed by atoms with Crippen molar-refractivity contribution in [1.29, 1.82) is 0 Å². The second-order valence-corrected chi connectivity index (χ2v) is 3.66. The number of alkyl halides is 1. The standard InChI is InChI=1S/C12H13BrO/c1-14-10-12-7-5-11(6-8-12)4-2-3-9-13/h5-8H,3,9-10H2,1H3. The number of hydrogen-bond acceptors (Lipinski definition) is 1. The lowest BCUT2D eigenvalue weighted by atomic mass is 10.1. The molecule has 0 aliphatic carbocycles. The molecule has 0 heterocycles. The minimum absolute atomic E-state index is 0.662. The van der Waals surface area contributed by atoms with Crippen LogP contribution in [0.3, 0.4) is 0 Å². The van der Waals surface area contributed by atoms with Gasteiger partial charge in [-0.25, -0.2) is 0 Å². The van der Waals surface area contributed by atoms with Gasteiger partial charge in [0.2, 0.25) is 0 Å². The number of methoxy groups -OCH3 is 1. The summed E-state index contributed by atoms with van der Waals surface area (Å²) in [6, 6.07) is 8.13. The third kappa shape index (κ3) is 3.95. The molecule has 0 aliphatic heterocycles. The summed E-state index contributed by atoms with van der Waals surface area (Å²) in [5.41, 5.74) is 2.24. The summed E-state index contributed by atoms with van der Waals surface area (Å²) in [5.74, 6) is 6.17. The zero-order chi connectivity index (χ0) is 10.2. The van der Waals surface area contributed by atoms with Crippen molar-refractivity contribution in [1.82, 2.24) is 0 Å². The lowest BCUT2D eigenvalue weighted by Gasteiger charge is -1.98. The van der Waals surface area contributed by atoms with E-state index >= 15 is 0 Å². The Morgan fingerprint density at radius 2 is 2.00 bits per heavy atom. The van der Waals surface area contributed by atoms with Crippen LogP contribution in [0.5, 0.6) is 0 Å². The van der Waals surface area contributed by atoms with E-state index in [0.29, 0.717) is 6.61 Å². The molecule has 1 rings (SSSR count). The molecule has 1 aromatic rings. The predicted molar refractivity (Wildman–Crippen MR) is 62.4 cm³/mol. The van der Waals surface area contributed by atoms with Crippen LogP contribution in [0.25, 0.3) is 0 Å². The van der Waals surface area contributed by atoms with Gasteiger partial charge in [-0.05, 0) is 17.7 Å². The van der Waals surface area contributed by atoms with Crippen molar-refractivity contribution in [2.24, 2.45) is 0 Å². The minimum Gasteiger partial charge on any atom is -0.380 e. The fourth-order valence-electron chi connectivity index (χ4n) is 1.06. The quantitative estimate of drug-likeness (QED) is 0.594. The summed E-state index contributed by atoms with van der Waals surface area (Å²) in [5, 5.41) is 0.932. The van der Waals surface area contributed by atoms with E-state index in [0.717, 1.165) is 17.3 Å². The van der Waals surface area contributed by atoms with Crippen molar-refractivity contribution in [3.8, 4) is 11.8 Å². The van der Waals surface area contributed by atoms with Crippen molar-refractivity contribution >= 4 is 15.9 Å². The molecule has 0 unspecified atom stereocenters. The molecule has 0 saturated heterocycles. The van der Waals surface area contributed by atoms with Crippen molar-refractivity contribution in [2.75, 3.05) is 12.4 Å². The molecule has 14 heavy (non-hydrogen) atoms. The van der Waals surface area contributed by atoms with Crippen molar-refractivity contribution < 1.29 is 4.74 Å². The van der Waals surface area contributed by atoms with Crippen LogP contribution in [0.4, 0.5) is 0 Å². The van der Waals surface area contributed by atoms with Crippen molar-refractivity contribution in [3.63, 3.8) is 0 Å². The largest absolute Gasteiger partial charge is 0.380 e. The molecule has 0 aliphatic rings. The van der Waals surface area contributed by atoms with Gasteiger partial charge in [0.05, 0.1) is 6.61 Å². The molecule has 1 aromatic carbocycles. The molecular formula is C12H13BrO. The number of rotatable bonds is 3. The molecular weight excluding hydrogens is 240 g/mol. The lowest BCUT2D eigenvalue weighted by Crippen LogP contribution is -1.86. The Labute approximate surface area is 93.6 Å². The molecule has 74 valence electrons. The van der Waals surface area contributed by atoms with Crippen LogP contribution < -0.4 is 0 Å². The van der Waals surface area contributed by atoms with Gasteiger partial charge in [-0.1, -0.05) is 39.9 Å². The fourth-order valence-corrected chi connectivity index (χ4v) is 1.26. The second kappa shape index (κ2) is 6.64. The first-order valence-corrected chi connectivity index (χ1v) is 5.61. The van der Waals surface area contributed by atoms with E-state index in [4.69, 9.17) is 4.74 Å². The highest BCUT2D eigenvalue weighted by Crippen LogP contribution is 2.04. The molecule has 2 heteroatoms. The highest BCUT2D eigenvalue weighted by atomic mass is 79.9. The molecule has 0 N–H and O–H groups in total. The third-order valence-corrected chi connectivity index (χ3v) is 2.11. The summed E-state index contributed by atoms with van der Waals surface area (Å²) in [7, 11) is 1.70. The van der Waals surface area contributed by atoms with Gasteiger partial charge in [-0.15, -0.1) is 0 Å². The smallest absolute Gasteiger partial charge is 0.0713 e. The Bertz CT molecular complexity index is 318. The molecule has 0 bridgehead atoms. The first kappa shape index (κ1) is 11.3. The molecule has 0 amide bonds. The number of ether oxygens (including phenoxy) is 1. The van der Waals surface area contributed by atoms with Crippen LogP contribution >= 0.6 is 15.9 Å². The van der Waals surface area contributed by atoms with Crippen LogP contribution in [0.2, 0.25) is 0 Å². The Balaban J connectivity index is 2.60. The third-order valence-electron chi connectivity index (χ3n) is 1.72. The molecule has 1 nitrogen and oxygen atoms in total. The number of benzene rings is 1. The minimum atomic E-state index is 0.662. The van der Waals surface area contributed by atoms with Gasteiger partial charge in [0, 0.05) is 24.4 Å². The van der Waals surface area contributed by atoms with Gasteiger partial charge in [0.15, 0.2) is 0 Å². The first-order valence-electron chi connectivity index (χ1n) is 4.49. The van der Waals surface area contributed by atoms with E-state index in [1.165, 1.54) is 5.56 Å². The number of halogens is 1. The molecule has 0 radical (unpaired) electrons. The van der Waals surface area contributed by atoms with Crippen LogP contribution in [-0.4, -0.2) is 12.4 Å². The second-order valence-electron chi connectivity index (χ2n) is 2.87. The molecule has 0 atom stereocenters. The number of hydrogen-bond donors (Lipinski definition) is 0. The molecule has 0 aromatic heterocycles. The highest BCUT2D eigenvalue weighted by molar-refractivity contribution is 9.09. The maximum Gasteiger partial charge on any atom is 0.0713 e. The van der Waals surface area contributed by atoms with Gasteiger partial charge in [-0.2, -0.15) is 0 Å². The summed E-state index contributed by atoms with van der Waals surface area (Å²) < 4.78 is 5.02. The van der Waals surface area contributed by atoms with Gasteiger partial charge in [0.1, 0.15) is 0 Å². The Kier molecular flexibility index (Phi) is 5.36. The van der Waals surface area contributed by atoms with Crippen LogP contribution in [-0.2, 0) is 11.3 Å². The highest BCUT2D eigenvalue weighted by Gasteiger charge is 1.90. The average Bonchev–Trinajstić information content (AvgIpc) is 2.21. The van der Waals surface area contributed by atoms with E-state index in [-0.39, 0.29) is 0 Å². The van der Waals surface area contributed by atoms with E-state index in [1.807, 2.05) is 24.3 Å². The average molecular weight is 253 g/mol. The Morgan fingerprint density at radius 1 is 1.29 bits per heavy atom. The van der Waals surface area contributed by atoms with Gasteiger partial charge in [0.25, 0.3) is 0 Å². The van der Waals surface area contributed by atoms with E-state index in [2.05, 4.69) is 27.8 Å². The summed E-state index contributed by atoms with van der Waals surface area (Å²) in [6.07, 6.45) is 0.889. The van der Waals surface area contributed by atoms with Crippen LogP contribution in [0, 0.1) is 11.8 Å². The van der Waals surface area contributed by atoms with Crippen LogP contribution in [0.1, 0.15) is 17.5 Å². The zero-order valence-corrected chi connectivity index (χ0v) is 9.80. The van der Waals surface area contributed by atoms with Gasteiger partial charge in [-0.3, -0.25) is 0 Å². The normalized spacial score (nSPS) is 9.29. The van der Waals surface area contributed by atoms with E-state index in [1.54, 1.807) is 7.11 Å². The summed E-state index contributed by atoms with van der Waals surface area (Å²) in [4.78, 5) is 0. The summed E-state index contributed by atoms with van der Waals surface area (Å²) >= 11 is 3.34. The van der Waals surface area contributed by atoms with Crippen molar-refractivity contribution in [2.45, 2.75) is 13.0 Å². The molecule has 0 saturated carbocycles. The Morgan fingerprint density at radius 3 is 2.57 bits per heavy atom. The van der Waals surface area contributed by atoms with Gasteiger partial charge >= 0.3 is 0 Å². The maximum atomic E-state index is 5.02. The Hall–Kier alpha value is -0.780. The van der Waals surface area contributed by atoms with Crippen molar-refractivity contribution in [3.05, 3.63) is 35.4 Å².